The molecule has 1 fully saturated rings. The van der Waals surface area contributed by atoms with Gasteiger partial charge in [0.25, 0.3) is 0 Å². The Balaban J connectivity index is 1.40. The van der Waals surface area contributed by atoms with Crippen molar-refractivity contribution in [3.8, 4) is 5.69 Å². The number of benzene rings is 2. The molecular weight excluding hydrogens is 474 g/mol. The third kappa shape index (κ3) is 3.91. The number of aryl methyl sites for hydroxylation is 3. The molecule has 34 heavy (non-hydrogen) atoms. The molecule has 1 saturated heterocycles. The molecule has 0 spiro atoms. The molecule has 0 unspecified atom stereocenters. The van der Waals surface area contributed by atoms with Gasteiger partial charge in [0.2, 0.25) is 10.0 Å². The van der Waals surface area contributed by atoms with Crippen LogP contribution >= 0.6 is 11.6 Å². The topological polar surface area (TPSA) is 97.1 Å². The molecule has 2 aromatic carbocycles. The predicted octanol–water partition coefficient (Wildman–Crippen LogP) is 3.30. The van der Waals surface area contributed by atoms with Gasteiger partial charge in [-0.1, -0.05) is 34.5 Å². The maximum absolute atomic E-state index is 13.4. The van der Waals surface area contributed by atoms with Crippen LogP contribution in [0, 0.1) is 20.8 Å². The quantitative estimate of drug-likeness (QED) is 0.426. The lowest BCUT2D eigenvalue weighted by Gasteiger charge is -2.35. The molecule has 1 aliphatic heterocycles. The average Bonchev–Trinajstić information content (AvgIpc) is 3.23. The van der Waals surface area contributed by atoms with Gasteiger partial charge in [0, 0.05) is 31.2 Å². The van der Waals surface area contributed by atoms with Crippen molar-refractivity contribution in [2.24, 2.45) is 0 Å². The normalized spacial score (nSPS) is 15.2. The van der Waals surface area contributed by atoms with Crippen molar-refractivity contribution in [2.45, 2.75) is 25.7 Å². The minimum atomic E-state index is -3.59. The number of piperazine rings is 1. The second kappa shape index (κ2) is 8.61. The molecule has 5 rings (SSSR count). The van der Waals surface area contributed by atoms with E-state index >= 15 is 0 Å². The smallest absolute Gasteiger partial charge is 0.243 e. The fraction of sp³-hybridized carbons (Fsp3) is 0.304. The summed E-state index contributed by atoms with van der Waals surface area (Å²) in [5.74, 6) is 0.643. The Hall–Kier alpha value is -3.08. The van der Waals surface area contributed by atoms with Gasteiger partial charge in [-0.2, -0.15) is 8.99 Å². The van der Waals surface area contributed by atoms with Crippen LogP contribution in [0.3, 0.4) is 0 Å². The van der Waals surface area contributed by atoms with Crippen LogP contribution in [0.2, 0.25) is 5.02 Å². The molecule has 2 aromatic heterocycles. The number of anilines is 1. The van der Waals surface area contributed by atoms with Gasteiger partial charge in [0.1, 0.15) is 6.33 Å². The lowest BCUT2D eigenvalue weighted by molar-refractivity contribution is 0.383. The van der Waals surface area contributed by atoms with Gasteiger partial charge in [-0.15, -0.1) is 5.10 Å². The first-order chi connectivity index (χ1) is 16.3. The van der Waals surface area contributed by atoms with E-state index < -0.39 is 10.0 Å². The summed E-state index contributed by atoms with van der Waals surface area (Å²) in [5, 5.41) is 9.21. The van der Waals surface area contributed by atoms with E-state index in [9.17, 15) is 8.42 Å². The molecule has 0 atom stereocenters. The van der Waals surface area contributed by atoms with E-state index in [2.05, 4.69) is 20.3 Å². The number of nitrogens with zero attached hydrogens (tertiary/aromatic N) is 7. The van der Waals surface area contributed by atoms with Gasteiger partial charge < -0.3 is 4.90 Å². The number of hydrogen-bond acceptors (Lipinski definition) is 7. The zero-order valence-corrected chi connectivity index (χ0v) is 20.7. The molecule has 9 nitrogen and oxygen atoms in total. The van der Waals surface area contributed by atoms with E-state index in [0.29, 0.717) is 53.1 Å². The van der Waals surface area contributed by atoms with Crippen molar-refractivity contribution in [3.63, 3.8) is 0 Å². The summed E-state index contributed by atoms with van der Waals surface area (Å²) >= 11 is 6.00. The Labute approximate surface area is 203 Å². The number of rotatable bonds is 4. The minimum Gasteiger partial charge on any atom is -0.352 e. The van der Waals surface area contributed by atoms with Gasteiger partial charge in [0.15, 0.2) is 17.0 Å². The summed E-state index contributed by atoms with van der Waals surface area (Å²) in [4.78, 5) is 11.3. The molecule has 0 bridgehead atoms. The molecule has 0 saturated carbocycles. The van der Waals surface area contributed by atoms with Crippen LogP contribution in [0.15, 0.2) is 47.6 Å². The van der Waals surface area contributed by atoms with Gasteiger partial charge in [-0.3, -0.25) is 0 Å². The lowest BCUT2D eigenvalue weighted by atomic mass is 10.1. The van der Waals surface area contributed by atoms with Gasteiger partial charge >= 0.3 is 0 Å². The van der Waals surface area contributed by atoms with Crippen molar-refractivity contribution in [1.82, 2.24) is 29.3 Å². The predicted molar refractivity (Wildman–Crippen MR) is 131 cm³/mol. The van der Waals surface area contributed by atoms with E-state index in [0.717, 1.165) is 22.4 Å². The lowest BCUT2D eigenvalue weighted by Crippen LogP contribution is -2.49. The van der Waals surface area contributed by atoms with E-state index in [1.807, 2.05) is 49.9 Å². The van der Waals surface area contributed by atoms with Crippen molar-refractivity contribution >= 4 is 38.6 Å². The summed E-state index contributed by atoms with van der Waals surface area (Å²) in [7, 11) is -3.59. The molecule has 1 aliphatic rings. The van der Waals surface area contributed by atoms with Crippen LogP contribution in [0.5, 0.6) is 0 Å². The molecular formula is C23H24ClN7O2S. The van der Waals surface area contributed by atoms with Crippen molar-refractivity contribution in [2.75, 3.05) is 31.1 Å². The number of aromatic nitrogens is 5. The number of halogens is 1. The molecule has 0 N–H and O–H groups in total. The molecule has 176 valence electrons. The summed E-state index contributed by atoms with van der Waals surface area (Å²) < 4.78 is 30.0. The first-order valence-corrected chi connectivity index (χ1v) is 12.7. The fourth-order valence-corrected chi connectivity index (χ4v) is 6.53. The van der Waals surface area contributed by atoms with Crippen LogP contribution in [0.1, 0.15) is 16.7 Å². The Morgan fingerprint density at radius 1 is 0.912 bits per heavy atom. The van der Waals surface area contributed by atoms with Crippen LogP contribution in [-0.4, -0.2) is 63.9 Å². The molecule has 0 radical (unpaired) electrons. The number of hydrogen-bond donors (Lipinski definition) is 0. The average molecular weight is 498 g/mol. The summed E-state index contributed by atoms with van der Waals surface area (Å²) in [5.41, 5.74) is 4.54. The zero-order valence-electron chi connectivity index (χ0n) is 19.1. The molecule has 0 aliphatic carbocycles. The van der Waals surface area contributed by atoms with Gasteiger partial charge in [-0.05, 0) is 56.2 Å². The summed E-state index contributed by atoms with van der Waals surface area (Å²) in [6.45, 7) is 7.36. The summed E-state index contributed by atoms with van der Waals surface area (Å²) in [6, 6.07) is 11.1. The highest BCUT2D eigenvalue weighted by atomic mass is 35.5. The third-order valence-electron chi connectivity index (χ3n) is 6.03. The van der Waals surface area contributed by atoms with Gasteiger partial charge in [0.05, 0.1) is 10.6 Å². The van der Waals surface area contributed by atoms with E-state index in [4.69, 9.17) is 11.6 Å². The van der Waals surface area contributed by atoms with Crippen LogP contribution in [-0.2, 0) is 10.0 Å². The monoisotopic (exact) mass is 497 g/mol. The molecule has 4 aromatic rings. The van der Waals surface area contributed by atoms with Crippen LogP contribution in [0.25, 0.3) is 16.9 Å². The molecule has 11 heteroatoms. The second-order valence-corrected chi connectivity index (χ2v) is 10.8. The van der Waals surface area contributed by atoms with Crippen LogP contribution in [0.4, 0.5) is 5.82 Å². The van der Waals surface area contributed by atoms with E-state index in [1.165, 1.54) is 6.33 Å². The maximum atomic E-state index is 13.4. The number of sulfonamides is 1. The minimum absolute atomic E-state index is 0.353. The second-order valence-electron chi connectivity index (χ2n) is 8.47. The van der Waals surface area contributed by atoms with Crippen molar-refractivity contribution < 1.29 is 8.42 Å². The Morgan fingerprint density at radius 2 is 1.56 bits per heavy atom. The third-order valence-corrected chi connectivity index (χ3v) is 8.49. The number of fused-ring (bicyclic) bond motifs is 1. The van der Waals surface area contributed by atoms with E-state index in [1.54, 1.807) is 21.1 Å². The molecule has 0 amide bonds. The SMILES string of the molecule is Cc1cc(C)c(S(=O)(=O)N2CCN(c3ncnc4c3nnn4-c3ccc(Cl)cc3)CC2)c(C)c1. The van der Waals surface area contributed by atoms with Crippen molar-refractivity contribution in [1.29, 1.82) is 0 Å². The Morgan fingerprint density at radius 3 is 2.21 bits per heavy atom. The van der Waals surface area contributed by atoms with Crippen molar-refractivity contribution in [3.05, 3.63) is 64.4 Å². The first-order valence-electron chi connectivity index (χ1n) is 10.9. The highest BCUT2D eigenvalue weighted by Gasteiger charge is 2.32. The fourth-order valence-electron chi connectivity index (χ4n) is 4.57. The van der Waals surface area contributed by atoms with E-state index in [-0.39, 0.29) is 0 Å². The zero-order chi connectivity index (χ0) is 24.0. The van der Waals surface area contributed by atoms with Crippen LogP contribution < -0.4 is 4.90 Å². The Kier molecular flexibility index (Phi) is 5.75. The standard InChI is InChI=1S/C23H24ClN7O2S/c1-15-12-16(2)21(17(3)13-15)34(32,33)30-10-8-29(9-11-30)22-20-23(26-14-25-22)31(28-27-20)19-6-4-18(24)5-7-19/h4-7,12-14H,8-11H2,1-3H3. The largest absolute Gasteiger partial charge is 0.352 e. The van der Waals surface area contributed by atoms with Gasteiger partial charge in [-0.25, -0.2) is 18.4 Å². The molecule has 3 heterocycles. The highest BCUT2D eigenvalue weighted by Crippen LogP contribution is 2.28. The summed E-state index contributed by atoms with van der Waals surface area (Å²) in [6.07, 6.45) is 1.48. The maximum Gasteiger partial charge on any atom is 0.243 e. The first kappa shape index (κ1) is 22.7. The highest BCUT2D eigenvalue weighted by molar-refractivity contribution is 7.89. The Bertz CT molecular complexity index is 1450.